The smallest absolute Gasteiger partial charge is 0.0753 e. The lowest BCUT2D eigenvalue weighted by Crippen LogP contribution is -1.97. The molecule has 4 aromatic rings. The van der Waals surface area contributed by atoms with Crippen molar-refractivity contribution in [1.82, 2.24) is 15.2 Å². The van der Waals surface area contributed by atoms with Gasteiger partial charge >= 0.3 is 0 Å². The number of aromatic nitrogens is 3. The van der Waals surface area contributed by atoms with Gasteiger partial charge in [-0.3, -0.25) is 4.98 Å². The molecule has 2 heterocycles. The molecule has 0 aliphatic rings. The Balaban J connectivity index is 1.64. The maximum Gasteiger partial charge on any atom is 0.0753 e. The number of halogens is 1. The summed E-state index contributed by atoms with van der Waals surface area (Å²) in [5, 5.41) is 14.7. The minimum absolute atomic E-state index is 0.722. The lowest BCUT2D eigenvalue weighted by atomic mass is 10.1. The molecule has 0 amide bonds. The van der Waals surface area contributed by atoms with Gasteiger partial charge in [0.25, 0.3) is 0 Å². The van der Waals surface area contributed by atoms with Crippen molar-refractivity contribution in [1.29, 1.82) is 0 Å². The van der Waals surface area contributed by atoms with Crippen molar-refractivity contribution in [2.75, 3.05) is 5.32 Å². The molecule has 0 spiro atoms. The van der Waals surface area contributed by atoms with Crippen LogP contribution in [0, 0.1) is 0 Å². The van der Waals surface area contributed by atoms with E-state index < -0.39 is 0 Å². The van der Waals surface area contributed by atoms with Gasteiger partial charge in [0.05, 0.1) is 11.9 Å². The monoisotopic (exact) mass is 346 g/mol. The number of hydrogen-bond acceptors (Lipinski definition) is 4. The minimum Gasteiger partial charge on any atom is -0.356 e. The zero-order valence-corrected chi connectivity index (χ0v) is 14.1. The Hall–Kier alpha value is -2.98. The van der Waals surface area contributed by atoms with Crippen LogP contribution >= 0.6 is 11.6 Å². The van der Waals surface area contributed by atoms with E-state index in [2.05, 4.69) is 38.7 Å². The third kappa shape index (κ3) is 3.59. The molecule has 0 saturated carbocycles. The molecule has 0 atom stereocenters. The van der Waals surface area contributed by atoms with Crippen LogP contribution in [0.15, 0.2) is 73.2 Å². The van der Waals surface area contributed by atoms with E-state index in [0.29, 0.717) is 0 Å². The van der Waals surface area contributed by atoms with Crippen LogP contribution in [0.25, 0.3) is 10.8 Å². The highest BCUT2D eigenvalue weighted by molar-refractivity contribution is 6.30. The average molecular weight is 347 g/mol. The summed E-state index contributed by atoms with van der Waals surface area (Å²) in [6.45, 7) is 0. The van der Waals surface area contributed by atoms with Crippen molar-refractivity contribution in [3.8, 4) is 0 Å². The molecule has 0 aliphatic carbocycles. The Morgan fingerprint density at radius 2 is 1.64 bits per heavy atom. The van der Waals surface area contributed by atoms with Gasteiger partial charge in [-0.2, -0.15) is 10.2 Å². The summed E-state index contributed by atoms with van der Waals surface area (Å²) in [6, 6.07) is 17.8. The lowest BCUT2D eigenvalue weighted by Gasteiger charge is -2.09. The largest absolute Gasteiger partial charge is 0.356 e. The van der Waals surface area contributed by atoms with Gasteiger partial charge < -0.3 is 5.32 Å². The fourth-order valence-corrected chi connectivity index (χ4v) is 2.88. The molecule has 2 aromatic heterocycles. The molecule has 0 unspecified atom stereocenters. The average Bonchev–Trinajstić information content (AvgIpc) is 2.65. The Bertz CT molecular complexity index is 1000. The van der Waals surface area contributed by atoms with Crippen LogP contribution in [0.3, 0.4) is 0 Å². The molecular formula is C20H15ClN4. The summed E-state index contributed by atoms with van der Waals surface area (Å²) >= 11 is 5.93. The third-order valence-corrected chi connectivity index (χ3v) is 4.24. The first kappa shape index (κ1) is 15.5. The van der Waals surface area contributed by atoms with Crippen molar-refractivity contribution in [3.05, 3.63) is 89.5 Å². The minimum atomic E-state index is 0.722. The van der Waals surface area contributed by atoms with Crippen LogP contribution in [-0.2, 0) is 6.42 Å². The van der Waals surface area contributed by atoms with Gasteiger partial charge in [0.2, 0.25) is 0 Å². The molecule has 0 saturated heterocycles. The quantitative estimate of drug-likeness (QED) is 0.564. The number of benzene rings is 2. The molecule has 4 rings (SSSR count). The number of rotatable bonds is 4. The first-order chi connectivity index (χ1) is 12.3. The van der Waals surface area contributed by atoms with E-state index >= 15 is 0 Å². The highest BCUT2D eigenvalue weighted by Gasteiger charge is 2.06. The van der Waals surface area contributed by atoms with E-state index in [1.165, 1.54) is 5.56 Å². The Morgan fingerprint density at radius 1 is 0.880 bits per heavy atom. The van der Waals surface area contributed by atoms with E-state index in [4.69, 9.17) is 11.6 Å². The fourth-order valence-electron chi connectivity index (χ4n) is 2.75. The van der Waals surface area contributed by atoms with Crippen molar-refractivity contribution >= 4 is 33.7 Å². The second-order valence-corrected chi connectivity index (χ2v) is 6.19. The van der Waals surface area contributed by atoms with Gasteiger partial charge in [0, 0.05) is 46.0 Å². The van der Waals surface area contributed by atoms with Crippen molar-refractivity contribution in [3.63, 3.8) is 0 Å². The molecule has 0 bridgehead atoms. The van der Waals surface area contributed by atoms with Crippen molar-refractivity contribution in [2.45, 2.75) is 6.42 Å². The predicted octanol–water partition coefficient (Wildman–Crippen LogP) is 5.01. The molecule has 0 aliphatic heterocycles. The van der Waals surface area contributed by atoms with Crippen LogP contribution in [0.1, 0.15) is 11.3 Å². The number of nitrogens with zero attached hydrogens (tertiary/aromatic N) is 3. The van der Waals surface area contributed by atoms with Gasteiger partial charge in [-0.25, -0.2) is 0 Å². The number of pyridine rings is 1. The molecule has 2 aromatic carbocycles. The molecule has 0 fully saturated rings. The summed E-state index contributed by atoms with van der Waals surface area (Å²) in [5.74, 6) is 0. The number of anilines is 2. The molecular weight excluding hydrogens is 332 g/mol. The summed E-state index contributed by atoms with van der Waals surface area (Å²) < 4.78 is 0. The third-order valence-electron chi connectivity index (χ3n) is 3.99. The van der Waals surface area contributed by atoms with Crippen molar-refractivity contribution < 1.29 is 0 Å². The first-order valence-electron chi connectivity index (χ1n) is 7.94. The standard InChI is InChI=1S/C20H15ClN4/c21-16-1-3-17(4-2-16)24-18-5-6-19-15(12-18)13-23-25-20(19)11-14-7-9-22-10-8-14/h1-10,12-13,24H,11H2. The van der Waals surface area contributed by atoms with E-state index in [9.17, 15) is 0 Å². The topological polar surface area (TPSA) is 50.7 Å². The Morgan fingerprint density at radius 3 is 2.44 bits per heavy atom. The zero-order valence-electron chi connectivity index (χ0n) is 13.4. The number of fused-ring (bicyclic) bond motifs is 1. The summed E-state index contributed by atoms with van der Waals surface area (Å²) in [5.41, 5.74) is 4.11. The molecule has 5 heteroatoms. The van der Waals surface area contributed by atoms with E-state index in [-0.39, 0.29) is 0 Å². The Labute approximate surface area is 150 Å². The molecule has 1 N–H and O–H groups in total. The number of nitrogens with one attached hydrogen (secondary N) is 1. The lowest BCUT2D eigenvalue weighted by molar-refractivity contribution is 0.956. The predicted molar refractivity (Wildman–Crippen MR) is 101 cm³/mol. The van der Waals surface area contributed by atoms with E-state index in [1.54, 1.807) is 18.6 Å². The van der Waals surface area contributed by atoms with Gasteiger partial charge in [0.1, 0.15) is 0 Å². The zero-order chi connectivity index (χ0) is 17.1. The second-order valence-electron chi connectivity index (χ2n) is 5.76. The van der Waals surface area contributed by atoms with Crippen LogP contribution in [0.5, 0.6) is 0 Å². The van der Waals surface area contributed by atoms with E-state index in [1.807, 2.05) is 36.4 Å². The molecule has 4 nitrogen and oxygen atoms in total. The van der Waals surface area contributed by atoms with Gasteiger partial charge in [-0.1, -0.05) is 17.7 Å². The fraction of sp³-hybridized carbons (Fsp3) is 0.0500. The molecule has 122 valence electrons. The van der Waals surface area contributed by atoms with Crippen LogP contribution in [0.2, 0.25) is 5.02 Å². The number of hydrogen-bond donors (Lipinski definition) is 1. The van der Waals surface area contributed by atoms with Gasteiger partial charge in [0.15, 0.2) is 0 Å². The summed E-state index contributed by atoms with van der Waals surface area (Å²) in [7, 11) is 0. The van der Waals surface area contributed by atoms with Crippen LogP contribution in [-0.4, -0.2) is 15.2 Å². The highest BCUT2D eigenvalue weighted by Crippen LogP contribution is 2.25. The maximum atomic E-state index is 5.93. The highest BCUT2D eigenvalue weighted by atomic mass is 35.5. The van der Waals surface area contributed by atoms with Crippen LogP contribution in [0.4, 0.5) is 11.4 Å². The SMILES string of the molecule is Clc1ccc(Nc2ccc3c(Cc4ccncc4)nncc3c2)cc1. The van der Waals surface area contributed by atoms with Gasteiger partial charge in [-0.15, -0.1) is 0 Å². The summed E-state index contributed by atoms with van der Waals surface area (Å²) in [4.78, 5) is 4.05. The van der Waals surface area contributed by atoms with Crippen molar-refractivity contribution in [2.24, 2.45) is 0 Å². The van der Waals surface area contributed by atoms with E-state index in [0.717, 1.165) is 39.3 Å². The molecule has 0 radical (unpaired) electrons. The normalized spacial score (nSPS) is 10.8. The van der Waals surface area contributed by atoms with Gasteiger partial charge in [-0.05, 0) is 54.1 Å². The molecule has 25 heavy (non-hydrogen) atoms. The van der Waals surface area contributed by atoms with Crippen LogP contribution < -0.4 is 5.32 Å². The maximum absolute atomic E-state index is 5.93. The summed E-state index contributed by atoms with van der Waals surface area (Å²) in [6.07, 6.45) is 6.11. The first-order valence-corrected chi connectivity index (χ1v) is 8.31. The second kappa shape index (κ2) is 6.87. The Kier molecular flexibility index (Phi) is 4.27.